The molecule has 0 aliphatic carbocycles. The maximum absolute atomic E-state index is 12.9. The fourth-order valence-electron chi connectivity index (χ4n) is 2.90. The third-order valence-electron chi connectivity index (χ3n) is 4.16. The SMILES string of the molecule is CCCn1[nH]c(-c2ccccc2C)c(-c2ccc(C)cc2)c1=O. The van der Waals surface area contributed by atoms with Crippen LogP contribution in [-0.2, 0) is 6.54 Å². The number of aromatic nitrogens is 2. The van der Waals surface area contributed by atoms with E-state index >= 15 is 0 Å². The van der Waals surface area contributed by atoms with Crippen LogP contribution in [0.2, 0.25) is 0 Å². The molecule has 0 radical (unpaired) electrons. The molecular weight excluding hydrogens is 284 g/mol. The predicted molar refractivity (Wildman–Crippen MR) is 95.7 cm³/mol. The lowest BCUT2D eigenvalue weighted by atomic mass is 9.98. The molecule has 1 N–H and O–H groups in total. The topological polar surface area (TPSA) is 37.8 Å². The van der Waals surface area contributed by atoms with Crippen LogP contribution in [0.4, 0.5) is 0 Å². The van der Waals surface area contributed by atoms with Crippen molar-refractivity contribution in [2.45, 2.75) is 33.7 Å². The van der Waals surface area contributed by atoms with Gasteiger partial charge in [-0.25, -0.2) is 0 Å². The molecule has 0 aliphatic heterocycles. The average molecular weight is 306 g/mol. The van der Waals surface area contributed by atoms with E-state index in [-0.39, 0.29) is 5.56 Å². The Morgan fingerprint density at radius 1 is 1.00 bits per heavy atom. The minimum atomic E-state index is 0.0500. The highest BCUT2D eigenvalue weighted by Gasteiger charge is 2.18. The highest BCUT2D eigenvalue weighted by Crippen LogP contribution is 2.30. The quantitative estimate of drug-likeness (QED) is 0.755. The molecule has 3 aromatic rings. The zero-order valence-corrected chi connectivity index (χ0v) is 13.9. The second-order valence-electron chi connectivity index (χ2n) is 6.00. The van der Waals surface area contributed by atoms with Gasteiger partial charge < -0.3 is 0 Å². The van der Waals surface area contributed by atoms with Crippen molar-refractivity contribution in [3.8, 4) is 22.4 Å². The first-order chi connectivity index (χ1) is 11.1. The summed E-state index contributed by atoms with van der Waals surface area (Å²) in [5.74, 6) is 0. The lowest BCUT2D eigenvalue weighted by Crippen LogP contribution is -2.17. The van der Waals surface area contributed by atoms with Gasteiger partial charge in [0.15, 0.2) is 0 Å². The molecular formula is C20H22N2O. The van der Waals surface area contributed by atoms with E-state index in [0.29, 0.717) is 6.54 Å². The van der Waals surface area contributed by atoms with Crippen molar-refractivity contribution in [3.63, 3.8) is 0 Å². The number of aromatic amines is 1. The van der Waals surface area contributed by atoms with Crippen LogP contribution in [0.1, 0.15) is 24.5 Å². The van der Waals surface area contributed by atoms with Gasteiger partial charge in [-0.2, -0.15) is 0 Å². The second-order valence-corrected chi connectivity index (χ2v) is 6.00. The van der Waals surface area contributed by atoms with Crippen LogP contribution in [0.3, 0.4) is 0 Å². The van der Waals surface area contributed by atoms with Gasteiger partial charge in [0.05, 0.1) is 11.3 Å². The summed E-state index contributed by atoms with van der Waals surface area (Å²) in [4.78, 5) is 12.9. The third kappa shape index (κ3) is 2.87. The maximum atomic E-state index is 12.9. The van der Waals surface area contributed by atoms with Crippen molar-refractivity contribution in [3.05, 3.63) is 70.0 Å². The van der Waals surface area contributed by atoms with E-state index in [1.165, 1.54) is 5.56 Å². The molecule has 0 saturated carbocycles. The Kier molecular flexibility index (Phi) is 4.20. The van der Waals surface area contributed by atoms with Crippen LogP contribution in [0.5, 0.6) is 0 Å². The van der Waals surface area contributed by atoms with Gasteiger partial charge in [0.1, 0.15) is 0 Å². The summed E-state index contributed by atoms with van der Waals surface area (Å²) in [5.41, 5.74) is 6.11. The van der Waals surface area contributed by atoms with Crippen molar-refractivity contribution in [1.29, 1.82) is 0 Å². The average Bonchev–Trinajstić information content (AvgIpc) is 2.86. The van der Waals surface area contributed by atoms with E-state index in [0.717, 1.165) is 34.4 Å². The van der Waals surface area contributed by atoms with E-state index in [4.69, 9.17) is 0 Å². The zero-order chi connectivity index (χ0) is 16.4. The van der Waals surface area contributed by atoms with Crippen LogP contribution < -0.4 is 5.56 Å². The van der Waals surface area contributed by atoms with Crippen molar-refractivity contribution in [1.82, 2.24) is 9.78 Å². The Morgan fingerprint density at radius 3 is 2.35 bits per heavy atom. The molecule has 118 valence electrons. The van der Waals surface area contributed by atoms with Crippen LogP contribution >= 0.6 is 0 Å². The van der Waals surface area contributed by atoms with Crippen LogP contribution in [0.25, 0.3) is 22.4 Å². The standard InChI is InChI=1S/C20H22N2O/c1-4-13-22-20(23)18(16-11-9-14(2)10-12-16)19(21-22)17-8-6-5-7-15(17)3/h5-12,21H,4,13H2,1-3H3. The van der Waals surface area contributed by atoms with E-state index in [1.807, 2.05) is 36.4 Å². The molecule has 0 unspecified atom stereocenters. The summed E-state index contributed by atoms with van der Waals surface area (Å²) >= 11 is 0. The minimum Gasteiger partial charge on any atom is -0.294 e. The second kappa shape index (κ2) is 6.29. The first kappa shape index (κ1) is 15.3. The van der Waals surface area contributed by atoms with Gasteiger partial charge in [-0.1, -0.05) is 61.0 Å². The Balaban J connectivity index is 2.26. The lowest BCUT2D eigenvalue weighted by molar-refractivity contribution is 0.587. The fourth-order valence-corrected chi connectivity index (χ4v) is 2.90. The predicted octanol–water partition coefficient (Wildman–Crippen LogP) is 4.54. The van der Waals surface area contributed by atoms with E-state index in [2.05, 4.69) is 38.0 Å². The number of rotatable bonds is 4. The normalized spacial score (nSPS) is 10.9. The molecule has 1 heterocycles. The summed E-state index contributed by atoms with van der Waals surface area (Å²) in [5, 5.41) is 3.33. The number of hydrogen-bond donors (Lipinski definition) is 1. The number of hydrogen-bond acceptors (Lipinski definition) is 1. The van der Waals surface area contributed by atoms with E-state index in [1.54, 1.807) is 4.68 Å². The fraction of sp³-hybridized carbons (Fsp3) is 0.250. The number of H-pyrrole nitrogens is 1. The van der Waals surface area contributed by atoms with Gasteiger partial charge in [-0.15, -0.1) is 0 Å². The molecule has 2 aromatic carbocycles. The molecule has 0 bridgehead atoms. The van der Waals surface area contributed by atoms with Crippen molar-refractivity contribution in [2.75, 3.05) is 0 Å². The monoisotopic (exact) mass is 306 g/mol. The summed E-state index contributed by atoms with van der Waals surface area (Å²) in [6, 6.07) is 16.3. The molecule has 0 atom stereocenters. The Morgan fingerprint density at radius 2 is 1.70 bits per heavy atom. The molecule has 0 spiro atoms. The Labute approximate surface area is 136 Å². The van der Waals surface area contributed by atoms with Gasteiger partial charge in [-0.05, 0) is 31.4 Å². The zero-order valence-electron chi connectivity index (χ0n) is 13.9. The van der Waals surface area contributed by atoms with Gasteiger partial charge >= 0.3 is 0 Å². The van der Waals surface area contributed by atoms with Gasteiger partial charge in [0.25, 0.3) is 5.56 Å². The first-order valence-electron chi connectivity index (χ1n) is 8.07. The molecule has 3 heteroatoms. The smallest absolute Gasteiger partial charge is 0.274 e. The maximum Gasteiger partial charge on any atom is 0.274 e. The minimum absolute atomic E-state index is 0.0500. The summed E-state index contributed by atoms with van der Waals surface area (Å²) in [6.07, 6.45) is 0.918. The molecule has 3 nitrogen and oxygen atoms in total. The highest BCUT2D eigenvalue weighted by atomic mass is 16.1. The Hall–Kier alpha value is -2.55. The van der Waals surface area contributed by atoms with Gasteiger partial charge in [0, 0.05) is 12.1 Å². The van der Waals surface area contributed by atoms with Gasteiger partial charge in [-0.3, -0.25) is 14.6 Å². The molecule has 3 rings (SSSR count). The van der Waals surface area contributed by atoms with E-state index < -0.39 is 0 Å². The van der Waals surface area contributed by atoms with Crippen LogP contribution in [-0.4, -0.2) is 9.78 Å². The molecule has 0 saturated heterocycles. The van der Waals surface area contributed by atoms with Crippen LogP contribution in [0, 0.1) is 13.8 Å². The molecule has 0 aliphatic rings. The number of benzene rings is 2. The first-order valence-corrected chi connectivity index (χ1v) is 8.07. The summed E-state index contributed by atoms with van der Waals surface area (Å²) < 4.78 is 1.72. The largest absolute Gasteiger partial charge is 0.294 e. The number of nitrogens with zero attached hydrogens (tertiary/aromatic N) is 1. The molecule has 1 aromatic heterocycles. The summed E-state index contributed by atoms with van der Waals surface area (Å²) in [7, 11) is 0. The molecule has 23 heavy (non-hydrogen) atoms. The summed E-state index contributed by atoms with van der Waals surface area (Å²) in [6.45, 7) is 6.90. The van der Waals surface area contributed by atoms with Gasteiger partial charge in [0.2, 0.25) is 0 Å². The third-order valence-corrected chi connectivity index (χ3v) is 4.16. The lowest BCUT2D eigenvalue weighted by Gasteiger charge is -2.06. The van der Waals surface area contributed by atoms with Crippen molar-refractivity contribution in [2.24, 2.45) is 0 Å². The molecule has 0 amide bonds. The van der Waals surface area contributed by atoms with Crippen molar-refractivity contribution < 1.29 is 0 Å². The van der Waals surface area contributed by atoms with Crippen LogP contribution in [0.15, 0.2) is 53.3 Å². The number of nitrogens with one attached hydrogen (secondary N) is 1. The Bertz CT molecular complexity index is 869. The number of aryl methyl sites for hydroxylation is 3. The van der Waals surface area contributed by atoms with Crippen molar-refractivity contribution >= 4 is 0 Å². The molecule has 0 fully saturated rings. The van der Waals surface area contributed by atoms with E-state index in [9.17, 15) is 4.79 Å². The highest BCUT2D eigenvalue weighted by molar-refractivity contribution is 5.81.